The maximum Gasteiger partial charge on any atom is 0.309 e. The zero-order valence-electron chi connectivity index (χ0n) is 27.4. The van der Waals surface area contributed by atoms with E-state index in [4.69, 9.17) is 37.9 Å². The van der Waals surface area contributed by atoms with E-state index in [0.717, 1.165) is 0 Å². The topological polar surface area (TPSA) is 176 Å². The fourth-order valence-corrected chi connectivity index (χ4v) is 3.56. The molecule has 0 fully saturated rings. The predicted molar refractivity (Wildman–Crippen MR) is 154 cm³/mol. The first-order valence-corrected chi connectivity index (χ1v) is 14.7. The molecular formula is C30H50O14. The third-order valence-electron chi connectivity index (χ3n) is 5.98. The van der Waals surface area contributed by atoms with Crippen LogP contribution in [0, 0.1) is 0 Å². The molecule has 0 aliphatic heterocycles. The van der Waals surface area contributed by atoms with Crippen LogP contribution in [0.4, 0.5) is 0 Å². The van der Waals surface area contributed by atoms with E-state index in [1.807, 2.05) is 0 Å². The molecule has 0 saturated heterocycles. The highest BCUT2D eigenvalue weighted by Crippen LogP contribution is 2.11. The van der Waals surface area contributed by atoms with Gasteiger partial charge in [-0.25, -0.2) is 0 Å². The smallest absolute Gasteiger partial charge is 0.309 e. The van der Waals surface area contributed by atoms with E-state index in [1.165, 1.54) is 28.1 Å². The van der Waals surface area contributed by atoms with Gasteiger partial charge in [-0.05, 0) is 48.5 Å². The van der Waals surface area contributed by atoms with E-state index in [0.29, 0.717) is 0 Å². The van der Waals surface area contributed by atoms with Crippen LogP contribution in [0.15, 0.2) is 0 Å². The van der Waals surface area contributed by atoms with Gasteiger partial charge in [-0.15, -0.1) is 0 Å². The van der Waals surface area contributed by atoms with E-state index < -0.39 is 66.3 Å². The Bertz CT molecular complexity index is 919. The summed E-state index contributed by atoms with van der Waals surface area (Å²) < 4.78 is 41.1. The lowest BCUT2D eigenvalue weighted by atomic mass is 10.2. The molecule has 0 aliphatic carbocycles. The molecule has 0 saturated carbocycles. The number of carbonyl (C=O) groups excluding carboxylic acids is 6. The predicted octanol–water partition coefficient (Wildman–Crippen LogP) is 2.99. The van der Waals surface area contributed by atoms with Gasteiger partial charge in [0.05, 0.1) is 57.3 Å². The quantitative estimate of drug-likeness (QED) is 0.125. The number of rotatable bonds is 22. The van der Waals surface area contributed by atoms with Crippen molar-refractivity contribution in [3.63, 3.8) is 0 Å². The standard InChI is InChI=1S/C30H50O14/c1-18(40-28(34)15-22(5)44-30(36)17-24(7)43-27(33)13-20(3)38-9)10-11-39-25(31)14-21(4)41-29(35)16-23(6)42-26(32)12-19(2)37-8/h18-24H,10-17H2,1-9H3/t18-,19-,20-,21-,22-,23-,24-/m1/s1. The summed E-state index contributed by atoms with van der Waals surface area (Å²) >= 11 is 0. The van der Waals surface area contributed by atoms with Crippen LogP contribution >= 0.6 is 0 Å². The number of esters is 6. The molecule has 0 unspecified atom stereocenters. The molecule has 0 aliphatic rings. The van der Waals surface area contributed by atoms with E-state index >= 15 is 0 Å². The summed E-state index contributed by atoms with van der Waals surface area (Å²) in [6.45, 7) is 11.2. The van der Waals surface area contributed by atoms with Crippen molar-refractivity contribution in [2.45, 2.75) is 136 Å². The van der Waals surface area contributed by atoms with Gasteiger partial charge in [0.25, 0.3) is 0 Å². The van der Waals surface area contributed by atoms with Gasteiger partial charge in [0.1, 0.15) is 30.5 Å². The van der Waals surface area contributed by atoms with E-state index in [1.54, 1.807) is 34.6 Å². The summed E-state index contributed by atoms with van der Waals surface area (Å²) in [5.74, 6) is -3.46. The van der Waals surface area contributed by atoms with Crippen LogP contribution in [0.2, 0.25) is 0 Å². The molecule has 0 aromatic rings. The van der Waals surface area contributed by atoms with Crippen molar-refractivity contribution in [3.8, 4) is 0 Å². The number of hydrogen-bond donors (Lipinski definition) is 0. The third kappa shape index (κ3) is 21.4. The van der Waals surface area contributed by atoms with Crippen molar-refractivity contribution in [1.82, 2.24) is 0 Å². The molecule has 0 heterocycles. The van der Waals surface area contributed by atoms with Crippen molar-refractivity contribution >= 4 is 35.8 Å². The Morgan fingerprint density at radius 1 is 0.386 bits per heavy atom. The third-order valence-corrected chi connectivity index (χ3v) is 5.98. The van der Waals surface area contributed by atoms with Gasteiger partial charge in [0.15, 0.2) is 0 Å². The minimum Gasteiger partial charge on any atom is -0.465 e. The van der Waals surface area contributed by atoms with Crippen LogP contribution < -0.4 is 0 Å². The van der Waals surface area contributed by atoms with Gasteiger partial charge in [-0.2, -0.15) is 0 Å². The SMILES string of the molecule is CO[C@H](C)CC(=O)O[C@H](C)CC(=O)O[C@H](C)CC(=O)OCC[C@@H](C)OC(=O)C[C@@H](C)OC(=O)C[C@@H](C)OC(=O)C[C@@H](C)OC. The fraction of sp³-hybridized carbons (Fsp3) is 0.800. The van der Waals surface area contributed by atoms with E-state index in [9.17, 15) is 28.8 Å². The maximum atomic E-state index is 12.2. The summed E-state index contributed by atoms with van der Waals surface area (Å²) in [5.41, 5.74) is 0. The van der Waals surface area contributed by atoms with Crippen LogP contribution in [0.3, 0.4) is 0 Å². The molecule has 14 nitrogen and oxygen atoms in total. The van der Waals surface area contributed by atoms with Crippen molar-refractivity contribution in [2.24, 2.45) is 0 Å². The highest BCUT2D eigenvalue weighted by molar-refractivity contribution is 5.75. The molecule has 254 valence electrons. The minimum atomic E-state index is -0.768. The Morgan fingerprint density at radius 2 is 0.636 bits per heavy atom. The van der Waals surface area contributed by atoms with Gasteiger partial charge >= 0.3 is 35.8 Å². The Morgan fingerprint density at radius 3 is 0.932 bits per heavy atom. The monoisotopic (exact) mass is 634 g/mol. The summed E-state index contributed by atoms with van der Waals surface area (Å²) in [4.78, 5) is 72.1. The molecule has 0 aromatic carbocycles. The van der Waals surface area contributed by atoms with E-state index in [2.05, 4.69) is 0 Å². The first-order valence-electron chi connectivity index (χ1n) is 14.7. The largest absolute Gasteiger partial charge is 0.465 e. The molecule has 0 aromatic heterocycles. The van der Waals surface area contributed by atoms with Gasteiger partial charge in [0.2, 0.25) is 0 Å². The molecular weight excluding hydrogens is 584 g/mol. The van der Waals surface area contributed by atoms with Gasteiger partial charge in [-0.1, -0.05) is 0 Å². The molecule has 44 heavy (non-hydrogen) atoms. The minimum absolute atomic E-state index is 0.0366. The van der Waals surface area contributed by atoms with Gasteiger partial charge in [0, 0.05) is 20.6 Å². The second-order valence-electron chi connectivity index (χ2n) is 10.8. The Hall–Kier alpha value is -3.26. The lowest BCUT2D eigenvalue weighted by Crippen LogP contribution is -2.26. The van der Waals surface area contributed by atoms with Crippen LogP contribution in [-0.4, -0.2) is 99.4 Å². The number of carbonyl (C=O) groups is 6. The maximum absolute atomic E-state index is 12.2. The average Bonchev–Trinajstić information content (AvgIpc) is 2.86. The van der Waals surface area contributed by atoms with Crippen LogP contribution in [-0.2, 0) is 66.7 Å². The van der Waals surface area contributed by atoms with Gasteiger partial charge < -0.3 is 37.9 Å². The molecule has 0 spiro atoms. The zero-order chi connectivity index (χ0) is 33.8. The molecule has 0 N–H and O–H groups in total. The summed E-state index contributed by atoms with van der Waals surface area (Å²) in [6.07, 6.45) is -4.52. The second kappa shape index (κ2) is 22.3. The van der Waals surface area contributed by atoms with E-state index in [-0.39, 0.29) is 63.8 Å². The van der Waals surface area contributed by atoms with Crippen LogP contribution in [0.1, 0.15) is 93.4 Å². The number of hydrogen-bond acceptors (Lipinski definition) is 14. The highest BCUT2D eigenvalue weighted by atomic mass is 16.6. The summed E-state index contributed by atoms with van der Waals surface area (Å²) in [7, 11) is 2.95. The molecule has 14 heteroatoms. The summed E-state index contributed by atoms with van der Waals surface area (Å²) in [5, 5.41) is 0. The van der Waals surface area contributed by atoms with Crippen molar-refractivity contribution < 1.29 is 66.7 Å². The Balaban J connectivity index is 4.22. The highest BCUT2D eigenvalue weighted by Gasteiger charge is 2.22. The summed E-state index contributed by atoms with van der Waals surface area (Å²) in [6, 6.07) is 0. The normalized spacial score (nSPS) is 15.8. The first kappa shape index (κ1) is 40.7. The molecule has 0 bridgehead atoms. The van der Waals surface area contributed by atoms with Crippen molar-refractivity contribution in [3.05, 3.63) is 0 Å². The van der Waals surface area contributed by atoms with Gasteiger partial charge in [-0.3, -0.25) is 28.8 Å². The van der Waals surface area contributed by atoms with Crippen LogP contribution in [0.25, 0.3) is 0 Å². The Labute approximate surface area is 259 Å². The molecule has 0 rings (SSSR count). The molecule has 0 radical (unpaired) electrons. The lowest BCUT2D eigenvalue weighted by molar-refractivity contribution is -0.162. The zero-order valence-corrected chi connectivity index (χ0v) is 27.4. The van der Waals surface area contributed by atoms with Crippen LogP contribution in [0.5, 0.6) is 0 Å². The first-order chi connectivity index (χ1) is 20.5. The number of ether oxygens (including phenoxy) is 8. The number of methoxy groups -OCH3 is 2. The van der Waals surface area contributed by atoms with Crippen molar-refractivity contribution in [1.29, 1.82) is 0 Å². The lowest BCUT2D eigenvalue weighted by Gasteiger charge is -2.18. The molecule has 7 atom stereocenters. The fourth-order valence-electron chi connectivity index (χ4n) is 3.56. The second-order valence-corrected chi connectivity index (χ2v) is 10.8. The molecule has 0 amide bonds. The Kier molecular flexibility index (Phi) is 20.6. The average molecular weight is 635 g/mol. The van der Waals surface area contributed by atoms with Crippen molar-refractivity contribution in [2.75, 3.05) is 20.8 Å².